The maximum atomic E-state index is 6.17. The van der Waals surface area contributed by atoms with Gasteiger partial charge < -0.3 is 5.32 Å². The lowest BCUT2D eigenvalue weighted by atomic mass is 10.1. The van der Waals surface area contributed by atoms with E-state index in [-0.39, 0.29) is 6.04 Å². The monoisotopic (exact) mass is 313 g/mol. The molecule has 1 unspecified atom stereocenters. The summed E-state index contributed by atoms with van der Waals surface area (Å²) in [5.41, 5.74) is 2.13. The normalized spacial score (nSPS) is 12.4. The molecule has 0 saturated heterocycles. The van der Waals surface area contributed by atoms with Gasteiger partial charge in [-0.3, -0.25) is 0 Å². The highest BCUT2D eigenvalue weighted by Crippen LogP contribution is 2.23. The highest BCUT2D eigenvalue weighted by atomic mass is 35.5. The minimum Gasteiger partial charge on any atom is -0.306 e. The summed E-state index contributed by atoms with van der Waals surface area (Å²) in [6.45, 7) is 2.76. The zero-order chi connectivity index (χ0) is 13.8. The molecule has 0 aromatic heterocycles. The van der Waals surface area contributed by atoms with E-state index in [0.717, 1.165) is 16.1 Å². The fourth-order valence-corrected chi connectivity index (χ4v) is 2.79. The lowest BCUT2D eigenvalue weighted by Crippen LogP contribution is -2.18. The summed E-state index contributed by atoms with van der Waals surface area (Å²) < 4.78 is 0. The van der Waals surface area contributed by atoms with Crippen molar-refractivity contribution in [1.82, 2.24) is 5.32 Å². The molecule has 1 atom stereocenters. The first kappa shape index (κ1) is 14.7. The van der Waals surface area contributed by atoms with Gasteiger partial charge in [0, 0.05) is 27.7 Å². The highest BCUT2D eigenvalue weighted by molar-refractivity contribution is 6.34. The predicted octanol–water partition coefficient (Wildman–Crippen LogP) is 5.50. The Morgan fingerprint density at radius 1 is 1.00 bits per heavy atom. The van der Waals surface area contributed by atoms with Crippen LogP contribution in [0.3, 0.4) is 0 Å². The van der Waals surface area contributed by atoms with Crippen molar-refractivity contribution in [3.05, 3.63) is 68.7 Å². The van der Waals surface area contributed by atoms with Gasteiger partial charge in [0.05, 0.1) is 0 Å². The van der Waals surface area contributed by atoms with E-state index in [4.69, 9.17) is 34.8 Å². The van der Waals surface area contributed by atoms with Crippen LogP contribution in [0.25, 0.3) is 0 Å². The van der Waals surface area contributed by atoms with E-state index >= 15 is 0 Å². The quantitative estimate of drug-likeness (QED) is 0.786. The van der Waals surface area contributed by atoms with Crippen molar-refractivity contribution in [2.75, 3.05) is 0 Å². The maximum Gasteiger partial charge on any atom is 0.0453 e. The van der Waals surface area contributed by atoms with Gasteiger partial charge in [-0.25, -0.2) is 0 Å². The highest BCUT2D eigenvalue weighted by Gasteiger charge is 2.08. The number of hydrogen-bond donors (Lipinski definition) is 1. The van der Waals surface area contributed by atoms with E-state index in [0.29, 0.717) is 16.6 Å². The van der Waals surface area contributed by atoms with Crippen LogP contribution in [0.4, 0.5) is 0 Å². The van der Waals surface area contributed by atoms with Crippen LogP contribution in [0, 0.1) is 0 Å². The lowest BCUT2D eigenvalue weighted by molar-refractivity contribution is 0.575. The predicted molar refractivity (Wildman–Crippen MR) is 83.2 cm³/mol. The largest absolute Gasteiger partial charge is 0.306 e. The number of hydrogen-bond acceptors (Lipinski definition) is 1. The van der Waals surface area contributed by atoms with Crippen LogP contribution in [0.1, 0.15) is 24.1 Å². The fourth-order valence-electron chi connectivity index (χ4n) is 1.92. The van der Waals surface area contributed by atoms with E-state index in [9.17, 15) is 0 Å². The van der Waals surface area contributed by atoms with Crippen molar-refractivity contribution in [1.29, 1.82) is 0 Å². The molecule has 0 aliphatic rings. The van der Waals surface area contributed by atoms with Crippen molar-refractivity contribution in [3.63, 3.8) is 0 Å². The van der Waals surface area contributed by atoms with Gasteiger partial charge in [0.25, 0.3) is 0 Å². The first-order valence-electron chi connectivity index (χ1n) is 5.99. The third kappa shape index (κ3) is 4.12. The molecule has 2 rings (SSSR count). The van der Waals surface area contributed by atoms with Crippen molar-refractivity contribution in [3.8, 4) is 0 Å². The number of halogens is 3. The van der Waals surface area contributed by atoms with Gasteiger partial charge in [-0.05, 0) is 42.3 Å². The van der Waals surface area contributed by atoms with Crippen molar-refractivity contribution >= 4 is 34.8 Å². The molecular formula is C15H14Cl3N. The number of rotatable bonds is 4. The molecule has 0 aliphatic carbocycles. The minimum atomic E-state index is 0.159. The molecular weight excluding hydrogens is 301 g/mol. The van der Waals surface area contributed by atoms with E-state index < -0.39 is 0 Å². The second-order valence-electron chi connectivity index (χ2n) is 4.40. The summed E-state index contributed by atoms with van der Waals surface area (Å²) >= 11 is 18.1. The summed E-state index contributed by atoms with van der Waals surface area (Å²) in [6.07, 6.45) is 0. The van der Waals surface area contributed by atoms with Gasteiger partial charge in [-0.1, -0.05) is 53.0 Å². The smallest absolute Gasteiger partial charge is 0.0453 e. The van der Waals surface area contributed by atoms with E-state index in [1.807, 2.05) is 36.4 Å². The molecule has 4 heteroatoms. The van der Waals surface area contributed by atoms with Gasteiger partial charge in [0.2, 0.25) is 0 Å². The van der Waals surface area contributed by atoms with Crippen LogP contribution in [0.2, 0.25) is 15.1 Å². The molecule has 0 heterocycles. The van der Waals surface area contributed by atoms with Crippen LogP contribution < -0.4 is 5.32 Å². The van der Waals surface area contributed by atoms with Gasteiger partial charge in [-0.15, -0.1) is 0 Å². The van der Waals surface area contributed by atoms with Crippen LogP contribution in [-0.4, -0.2) is 0 Å². The molecule has 19 heavy (non-hydrogen) atoms. The van der Waals surface area contributed by atoms with Crippen LogP contribution in [-0.2, 0) is 6.54 Å². The van der Waals surface area contributed by atoms with Crippen molar-refractivity contribution in [2.45, 2.75) is 19.5 Å². The zero-order valence-corrected chi connectivity index (χ0v) is 12.7. The average molecular weight is 315 g/mol. The van der Waals surface area contributed by atoms with Gasteiger partial charge in [0.1, 0.15) is 0 Å². The third-order valence-electron chi connectivity index (χ3n) is 2.91. The molecule has 0 aliphatic heterocycles. The summed E-state index contributed by atoms with van der Waals surface area (Å²) in [6, 6.07) is 13.5. The maximum absolute atomic E-state index is 6.17. The molecule has 0 bridgehead atoms. The Hall–Kier alpha value is -0.730. The average Bonchev–Trinajstić information content (AvgIpc) is 2.35. The Bertz CT molecular complexity index is 549. The molecule has 0 spiro atoms. The van der Waals surface area contributed by atoms with E-state index in [1.165, 1.54) is 0 Å². The molecule has 0 radical (unpaired) electrons. The van der Waals surface area contributed by atoms with Gasteiger partial charge in [-0.2, -0.15) is 0 Å². The first-order valence-corrected chi connectivity index (χ1v) is 7.12. The van der Waals surface area contributed by atoms with Gasteiger partial charge in [0.15, 0.2) is 0 Å². The summed E-state index contributed by atoms with van der Waals surface area (Å²) in [7, 11) is 0. The third-order valence-corrected chi connectivity index (χ3v) is 3.69. The molecule has 0 saturated carbocycles. The second kappa shape index (κ2) is 6.62. The lowest BCUT2D eigenvalue weighted by Gasteiger charge is -2.16. The molecule has 1 N–H and O–H groups in total. The number of nitrogens with one attached hydrogen (secondary N) is 1. The van der Waals surface area contributed by atoms with E-state index in [1.54, 1.807) is 6.07 Å². The standard InChI is InChI=1S/C15H14Cl3N/c1-10(14-4-2-3-5-15(14)18)19-9-11-6-12(16)8-13(17)7-11/h2-8,10,19H,9H2,1H3. The molecule has 2 aromatic carbocycles. The topological polar surface area (TPSA) is 12.0 Å². The van der Waals surface area contributed by atoms with Gasteiger partial charge >= 0.3 is 0 Å². The number of benzene rings is 2. The SMILES string of the molecule is CC(NCc1cc(Cl)cc(Cl)c1)c1ccccc1Cl. The second-order valence-corrected chi connectivity index (χ2v) is 5.68. The van der Waals surface area contributed by atoms with Crippen LogP contribution >= 0.6 is 34.8 Å². The van der Waals surface area contributed by atoms with Crippen molar-refractivity contribution in [2.24, 2.45) is 0 Å². The molecule has 1 nitrogen and oxygen atoms in total. The zero-order valence-electron chi connectivity index (χ0n) is 10.5. The Balaban J connectivity index is 2.04. The Labute approximate surface area is 128 Å². The molecule has 100 valence electrons. The Morgan fingerprint density at radius 3 is 2.26 bits per heavy atom. The Kier molecular flexibility index (Phi) is 5.12. The summed E-state index contributed by atoms with van der Waals surface area (Å²) in [5.74, 6) is 0. The van der Waals surface area contributed by atoms with E-state index in [2.05, 4.69) is 12.2 Å². The van der Waals surface area contributed by atoms with Crippen molar-refractivity contribution < 1.29 is 0 Å². The minimum absolute atomic E-state index is 0.159. The molecule has 0 fully saturated rings. The van der Waals surface area contributed by atoms with Crippen LogP contribution in [0.5, 0.6) is 0 Å². The fraction of sp³-hybridized carbons (Fsp3) is 0.200. The Morgan fingerprint density at radius 2 is 1.63 bits per heavy atom. The first-order chi connectivity index (χ1) is 9.06. The summed E-state index contributed by atoms with van der Waals surface area (Å²) in [5, 5.41) is 5.47. The molecule has 2 aromatic rings. The van der Waals surface area contributed by atoms with Crippen LogP contribution in [0.15, 0.2) is 42.5 Å². The molecule has 0 amide bonds. The summed E-state index contributed by atoms with van der Waals surface area (Å²) in [4.78, 5) is 0.